The van der Waals surface area contributed by atoms with Crippen molar-refractivity contribution in [3.8, 4) is 17.2 Å². The van der Waals surface area contributed by atoms with Gasteiger partial charge < -0.3 is 34.0 Å². The molecule has 0 saturated carbocycles. The number of carbonyl (C=O) groups excluding carboxylic acids is 2. The van der Waals surface area contributed by atoms with Gasteiger partial charge >= 0.3 is 0 Å². The summed E-state index contributed by atoms with van der Waals surface area (Å²) in [5.41, 5.74) is 2.10. The summed E-state index contributed by atoms with van der Waals surface area (Å²) in [5, 5.41) is 12.6. The van der Waals surface area contributed by atoms with Gasteiger partial charge in [0.1, 0.15) is 12.0 Å². The van der Waals surface area contributed by atoms with E-state index in [0.717, 1.165) is 17.8 Å². The Morgan fingerprint density at radius 2 is 2.07 bits per heavy atom. The first-order valence-corrected chi connectivity index (χ1v) is 13.8. The normalized spacial score (nSPS) is 20.2. The fourth-order valence-corrected chi connectivity index (χ4v) is 5.23. The first-order chi connectivity index (χ1) is 19.9. The van der Waals surface area contributed by atoms with Crippen molar-refractivity contribution in [2.45, 2.75) is 45.1 Å². The molecule has 2 aliphatic heterocycles. The van der Waals surface area contributed by atoms with E-state index in [1.54, 1.807) is 24.5 Å². The second kappa shape index (κ2) is 13.2. The number of nitrogens with zero attached hydrogens (tertiary/aromatic N) is 3. The van der Waals surface area contributed by atoms with Crippen molar-refractivity contribution in [3.63, 3.8) is 0 Å². The number of amides is 2. The number of piperidine rings is 1. The van der Waals surface area contributed by atoms with Crippen LogP contribution in [-0.4, -0.2) is 83.7 Å². The number of likely N-dealkylation sites (tertiary alicyclic amines) is 1. The number of aromatic nitrogens is 1. The van der Waals surface area contributed by atoms with Gasteiger partial charge in [-0.25, -0.2) is 4.98 Å². The van der Waals surface area contributed by atoms with Gasteiger partial charge in [0.15, 0.2) is 17.4 Å². The average molecular weight is 565 g/mol. The molecule has 1 aromatic heterocycles. The van der Waals surface area contributed by atoms with E-state index < -0.39 is 0 Å². The molecule has 218 valence electrons. The Labute approximate surface area is 239 Å². The number of nitrogens with one attached hydrogen (secondary N) is 1. The third-order valence-electron chi connectivity index (χ3n) is 7.24. The van der Waals surface area contributed by atoms with Crippen molar-refractivity contribution >= 4 is 11.8 Å². The van der Waals surface area contributed by atoms with Gasteiger partial charge in [0.25, 0.3) is 5.91 Å². The van der Waals surface area contributed by atoms with Gasteiger partial charge in [0.2, 0.25) is 5.91 Å². The summed E-state index contributed by atoms with van der Waals surface area (Å²) in [6, 6.07) is 12.2. The Balaban J connectivity index is 1.43. The predicted molar refractivity (Wildman–Crippen MR) is 149 cm³/mol. The van der Waals surface area contributed by atoms with Crippen LogP contribution < -0.4 is 14.8 Å². The Kier molecular flexibility index (Phi) is 9.17. The highest BCUT2D eigenvalue weighted by Crippen LogP contribution is 2.33. The van der Waals surface area contributed by atoms with E-state index in [0.29, 0.717) is 61.2 Å². The molecule has 11 heteroatoms. The number of hydrogen-bond acceptors (Lipinski definition) is 9. The molecule has 1 fully saturated rings. The smallest absolute Gasteiger partial charge is 0.254 e. The topological polar surface area (TPSA) is 127 Å². The summed E-state index contributed by atoms with van der Waals surface area (Å²) in [5.74, 6) is 1.40. The van der Waals surface area contributed by atoms with Crippen molar-refractivity contribution in [1.82, 2.24) is 20.1 Å². The van der Waals surface area contributed by atoms with Gasteiger partial charge in [0, 0.05) is 45.3 Å². The van der Waals surface area contributed by atoms with Gasteiger partial charge in [-0.15, -0.1) is 0 Å². The highest BCUT2D eigenvalue weighted by Gasteiger charge is 2.32. The van der Waals surface area contributed by atoms with E-state index in [4.69, 9.17) is 18.6 Å². The van der Waals surface area contributed by atoms with Crippen LogP contribution in [0.15, 0.2) is 53.1 Å². The van der Waals surface area contributed by atoms with Crippen LogP contribution in [-0.2, 0) is 22.7 Å². The fraction of sp³-hybridized carbons (Fsp3) is 0.433. The monoisotopic (exact) mass is 564 g/mol. The second-order valence-corrected chi connectivity index (χ2v) is 10.3. The molecule has 0 spiro atoms. The van der Waals surface area contributed by atoms with Crippen LogP contribution in [0.25, 0.3) is 0 Å². The van der Waals surface area contributed by atoms with E-state index in [1.807, 2.05) is 31.2 Å². The lowest BCUT2D eigenvalue weighted by atomic mass is 10.0. The molecule has 0 aliphatic carbocycles. The van der Waals surface area contributed by atoms with E-state index in [2.05, 4.69) is 15.2 Å². The van der Waals surface area contributed by atoms with Crippen LogP contribution in [0.3, 0.4) is 0 Å². The van der Waals surface area contributed by atoms with E-state index in [9.17, 15) is 14.7 Å². The molecular weight excluding hydrogens is 528 g/mol. The molecule has 11 nitrogen and oxygen atoms in total. The van der Waals surface area contributed by atoms with Crippen LogP contribution in [0, 0.1) is 6.92 Å². The highest BCUT2D eigenvalue weighted by atomic mass is 16.5. The molecule has 0 unspecified atom stereocenters. The van der Waals surface area contributed by atoms with Crippen molar-refractivity contribution in [2.75, 3.05) is 39.9 Å². The van der Waals surface area contributed by atoms with Gasteiger partial charge in [-0.05, 0) is 48.7 Å². The summed E-state index contributed by atoms with van der Waals surface area (Å²) >= 11 is 0. The van der Waals surface area contributed by atoms with E-state index in [1.165, 1.54) is 12.0 Å². The number of aliphatic hydroxyl groups is 1. The molecule has 0 radical (unpaired) electrons. The van der Waals surface area contributed by atoms with Crippen LogP contribution in [0.2, 0.25) is 0 Å². The van der Waals surface area contributed by atoms with Crippen LogP contribution in [0.4, 0.5) is 0 Å². The van der Waals surface area contributed by atoms with Crippen LogP contribution in [0.5, 0.6) is 17.2 Å². The zero-order valence-electron chi connectivity index (χ0n) is 23.4. The van der Waals surface area contributed by atoms with Gasteiger partial charge in [-0.3, -0.25) is 14.5 Å². The minimum Gasteiger partial charge on any atom is -0.493 e. The van der Waals surface area contributed by atoms with E-state index >= 15 is 0 Å². The molecule has 2 aliphatic rings. The Bertz CT molecular complexity index is 1360. The Morgan fingerprint density at radius 3 is 2.85 bits per heavy atom. The standard InChI is InChI=1S/C30H36N4O7/c1-20-31-23(19-39-20)15-33-11-9-26-25(16-33)32-29(36)17-34(10-4-12-35)30(37)22-7-8-27(38-2)28(14-22)41-24-6-3-5-21(13-24)18-40-26/h3,5-8,13-14,19,25-26,35H,4,9-12,15-18H2,1-2H3,(H,32,36)/t25-,26-/m0/s1. The molecule has 2 N–H and O–H groups in total. The third-order valence-corrected chi connectivity index (χ3v) is 7.24. The number of oxazole rings is 1. The maximum atomic E-state index is 13.6. The number of aryl methyl sites for hydroxylation is 1. The predicted octanol–water partition coefficient (Wildman–Crippen LogP) is 2.90. The summed E-state index contributed by atoms with van der Waals surface area (Å²) in [6.07, 6.45) is 2.46. The van der Waals surface area contributed by atoms with Crippen LogP contribution >= 0.6 is 0 Å². The third kappa shape index (κ3) is 7.24. The summed E-state index contributed by atoms with van der Waals surface area (Å²) < 4.78 is 23.4. The molecule has 2 atom stereocenters. The number of fused-ring (bicyclic) bond motifs is 5. The lowest BCUT2D eigenvalue weighted by molar-refractivity contribution is -0.125. The molecule has 2 aromatic carbocycles. The Hall–Kier alpha value is -3.93. The molecule has 3 heterocycles. The molecule has 3 aromatic rings. The number of rotatable bonds is 6. The zero-order valence-corrected chi connectivity index (χ0v) is 23.4. The van der Waals surface area contributed by atoms with Crippen molar-refractivity contribution in [2.24, 2.45) is 0 Å². The number of carbonyl (C=O) groups is 2. The highest BCUT2D eigenvalue weighted by molar-refractivity contribution is 5.97. The van der Waals surface area contributed by atoms with Crippen molar-refractivity contribution in [3.05, 3.63) is 71.4 Å². The number of methoxy groups -OCH3 is 1. The Morgan fingerprint density at radius 1 is 1.20 bits per heavy atom. The minimum atomic E-state index is -0.346. The number of hydrogen-bond donors (Lipinski definition) is 2. The molecule has 41 heavy (non-hydrogen) atoms. The summed E-state index contributed by atoms with van der Waals surface area (Å²) in [6.45, 7) is 4.02. The lowest BCUT2D eigenvalue weighted by Gasteiger charge is -2.38. The molecule has 2 amide bonds. The average Bonchev–Trinajstić information content (AvgIpc) is 3.38. The molecular formula is C30H36N4O7. The minimum absolute atomic E-state index is 0.103. The number of benzene rings is 2. The quantitative estimate of drug-likeness (QED) is 0.465. The summed E-state index contributed by atoms with van der Waals surface area (Å²) in [7, 11) is 1.53. The van der Waals surface area contributed by atoms with E-state index in [-0.39, 0.29) is 43.7 Å². The first kappa shape index (κ1) is 28.6. The maximum Gasteiger partial charge on any atom is 0.254 e. The molecule has 1 saturated heterocycles. The number of aliphatic hydroxyl groups excluding tert-OH is 1. The van der Waals surface area contributed by atoms with Gasteiger partial charge in [-0.1, -0.05) is 12.1 Å². The lowest BCUT2D eigenvalue weighted by Crippen LogP contribution is -2.57. The van der Waals surface area contributed by atoms with Crippen molar-refractivity contribution in [1.29, 1.82) is 0 Å². The molecule has 4 bridgehead atoms. The molecule has 5 rings (SSSR count). The van der Waals surface area contributed by atoms with Crippen molar-refractivity contribution < 1.29 is 33.3 Å². The van der Waals surface area contributed by atoms with Gasteiger partial charge in [-0.2, -0.15) is 0 Å². The maximum absolute atomic E-state index is 13.6. The van der Waals surface area contributed by atoms with Crippen LogP contribution in [0.1, 0.15) is 40.3 Å². The summed E-state index contributed by atoms with van der Waals surface area (Å²) in [4.78, 5) is 35.0. The first-order valence-electron chi connectivity index (χ1n) is 13.8. The van der Waals surface area contributed by atoms with Gasteiger partial charge in [0.05, 0.1) is 38.1 Å². The largest absolute Gasteiger partial charge is 0.493 e. The SMILES string of the molecule is COc1ccc2cc1Oc1cccc(c1)CO[C@H]1CCN(Cc3coc(C)n3)C[C@@H]1NC(=O)CN(CCCO)C2=O. The number of ether oxygens (including phenoxy) is 3. The fourth-order valence-electron chi connectivity index (χ4n) is 5.23. The second-order valence-electron chi connectivity index (χ2n) is 10.3. The zero-order chi connectivity index (χ0) is 28.8.